The van der Waals surface area contributed by atoms with Gasteiger partial charge in [-0.3, -0.25) is 28.8 Å². The van der Waals surface area contributed by atoms with Gasteiger partial charge < -0.3 is 30.6 Å². The fourth-order valence-electron chi connectivity index (χ4n) is 15.9. The van der Waals surface area contributed by atoms with Crippen LogP contribution in [0.15, 0.2) is 0 Å². The van der Waals surface area contributed by atoms with Crippen molar-refractivity contribution in [3.8, 4) is 0 Å². The summed E-state index contributed by atoms with van der Waals surface area (Å²) in [5, 5.41) is 51.1. The Bertz CT molecular complexity index is 1570. The van der Waals surface area contributed by atoms with Gasteiger partial charge in [0.15, 0.2) is 0 Å². The molecule has 0 aromatic carbocycles. The van der Waals surface area contributed by atoms with E-state index in [4.69, 9.17) is 30.6 Å². The average Bonchev–Trinajstić information content (AvgIpc) is 1.20. The van der Waals surface area contributed by atoms with Crippen molar-refractivity contribution in [2.24, 2.45) is 0 Å². The van der Waals surface area contributed by atoms with Crippen molar-refractivity contribution in [3.63, 3.8) is 0 Å². The van der Waals surface area contributed by atoms with Crippen LogP contribution in [0.25, 0.3) is 0 Å². The van der Waals surface area contributed by atoms with Crippen LogP contribution in [0, 0.1) is 0 Å². The van der Waals surface area contributed by atoms with Crippen molar-refractivity contribution in [1.29, 1.82) is 0 Å². The molecule has 14 heteroatoms. The second kappa shape index (κ2) is 132. The molecular weight excluding hydrogens is 1590 g/mol. The average molecular weight is 1810 g/mol. The molecule has 0 aromatic rings. The van der Waals surface area contributed by atoms with E-state index in [1.165, 1.54) is 501 Å². The van der Waals surface area contributed by atoms with Gasteiger partial charge in [0.2, 0.25) is 0 Å². The van der Waals surface area contributed by atoms with Crippen LogP contribution in [0.2, 0.25) is 0 Å². The van der Waals surface area contributed by atoms with Crippen molar-refractivity contribution >= 4 is 35.8 Å². The molecule has 0 saturated heterocycles. The summed E-state index contributed by atoms with van der Waals surface area (Å²) in [6.07, 6.45) is 121. The molecule has 0 aliphatic carbocycles. The zero-order chi connectivity index (χ0) is 89.3. The van der Waals surface area contributed by atoms with Crippen LogP contribution in [-0.4, -0.2) is 66.5 Å². The first kappa shape index (κ1) is 135. The Kier molecular flexibility index (Phi) is 146. The summed E-state index contributed by atoms with van der Waals surface area (Å²) in [5.41, 5.74) is 0. The number of unbranched alkanes of at least 4 members (excludes halogenated alkanes) is 84. The van der Waals surface area contributed by atoms with E-state index in [9.17, 15) is 28.8 Å². The third-order valence-corrected chi connectivity index (χ3v) is 24.0. The molecule has 0 saturated carbocycles. The summed E-state index contributed by atoms with van der Waals surface area (Å²) in [4.78, 5) is 62.0. The first-order valence-corrected chi connectivity index (χ1v) is 53.9. The van der Waals surface area contributed by atoms with Crippen LogP contribution in [-0.2, 0) is 63.5 Å². The molecule has 0 radical (unpaired) electrons. The summed E-state index contributed by atoms with van der Waals surface area (Å²) >= 11 is 0. The Hall–Kier alpha value is -2.12. The molecule has 0 atom stereocenters. The van der Waals surface area contributed by atoms with E-state index in [1.54, 1.807) is 0 Å². The predicted molar refractivity (Wildman–Crippen MR) is 523 cm³/mol. The van der Waals surface area contributed by atoms with Gasteiger partial charge in [-0.25, -0.2) is 0 Å². The Labute approximate surface area is 782 Å². The Morgan fingerprint density at radius 3 is 0.205 bits per heavy atom. The Morgan fingerprint density at radius 1 is 0.107 bits per heavy atom. The van der Waals surface area contributed by atoms with E-state index in [2.05, 4.69) is 41.5 Å². The molecule has 0 heterocycles. The number of rotatable bonds is 96. The van der Waals surface area contributed by atoms with E-state index in [0.29, 0.717) is 38.5 Å². The molecule has 0 bridgehead atoms. The van der Waals surface area contributed by atoms with E-state index in [1.807, 2.05) is 0 Å². The van der Waals surface area contributed by atoms with Crippen LogP contribution in [0.1, 0.15) is 658 Å². The van der Waals surface area contributed by atoms with Gasteiger partial charge in [-0.05, 0) is 38.5 Å². The van der Waals surface area contributed by atoms with Gasteiger partial charge in [-0.2, -0.15) is 0 Å². The number of hydrogen-bond acceptors (Lipinski definition) is 6. The quantitative estimate of drug-likeness (QED) is 0.0313. The zero-order valence-electron chi connectivity index (χ0n) is 82.8. The first-order chi connectivity index (χ1) is 58.6. The molecule has 0 aliphatic heterocycles. The third-order valence-electron chi connectivity index (χ3n) is 24.0. The summed E-state index contributed by atoms with van der Waals surface area (Å²) in [7, 11) is 0. The molecule has 12 nitrogen and oxygen atoms in total. The third kappa shape index (κ3) is 161. The van der Waals surface area contributed by atoms with Crippen molar-refractivity contribution in [3.05, 3.63) is 0 Å². The molecule has 0 unspecified atom stereocenters. The fraction of sp³-hybridized carbons (Fsp3) is 0.944. The largest absolute Gasteiger partial charge is 0.481 e. The fourth-order valence-corrected chi connectivity index (χ4v) is 15.9. The zero-order valence-corrected chi connectivity index (χ0v) is 85.4. The molecule has 732 valence electrons. The standard InChI is InChI=1S/6C18H36O2.2Cr/c6*1-2-3-4-5-6-7-8-9-10-11-12-13-14-15-16-17-18(19)20;;/h6*2-17H2,1H3,(H,19,20);;. The molecular formula is C108H216Cr2O12. The van der Waals surface area contributed by atoms with E-state index in [-0.39, 0.29) is 34.7 Å². The molecule has 0 fully saturated rings. The molecule has 0 aliphatic rings. The summed E-state index contributed by atoms with van der Waals surface area (Å²) in [6, 6.07) is 0. The minimum absolute atomic E-state index is 0. The van der Waals surface area contributed by atoms with E-state index >= 15 is 0 Å². The van der Waals surface area contributed by atoms with Gasteiger partial charge in [-0.15, -0.1) is 0 Å². The van der Waals surface area contributed by atoms with Gasteiger partial charge >= 0.3 is 35.8 Å². The van der Waals surface area contributed by atoms with Gasteiger partial charge in [-0.1, -0.05) is 581 Å². The SMILES string of the molecule is CCCCCCCCCCCCCCCCCC(=O)O.CCCCCCCCCCCCCCCCCC(=O)O.CCCCCCCCCCCCCCCCCC(=O)O.CCCCCCCCCCCCCCCCCC(=O)O.CCCCCCCCCCCCCCCCCC(=O)O.CCCCCCCCCCCCCCCCCC(=O)O.[Cr].[Cr]. The second-order valence-corrected chi connectivity index (χ2v) is 36.6. The minimum atomic E-state index is -0.653. The smallest absolute Gasteiger partial charge is 0.303 e. The molecule has 0 aromatic heterocycles. The predicted octanol–water partition coefficient (Wildman–Crippen LogP) is 38.0. The van der Waals surface area contributed by atoms with Crippen LogP contribution in [0.4, 0.5) is 0 Å². The van der Waals surface area contributed by atoms with Gasteiger partial charge in [0.25, 0.3) is 0 Å². The molecule has 0 amide bonds. The second-order valence-electron chi connectivity index (χ2n) is 36.6. The maximum absolute atomic E-state index is 10.3. The Balaban J connectivity index is -0.000000212. The Morgan fingerprint density at radius 2 is 0.156 bits per heavy atom. The molecule has 0 rings (SSSR count). The van der Waals surface area contributed by atoms with Crippen molar-refractivity contribution < 1.29 is 94.1 Å². The molecule has 6 N–H and O–H groups in total. The van der Waals surface area contributed by atoms with Gasteiger partial charge in [0.1, 0.15) is 0 Å². The summed E-state index contributed by atoms with van der Waals surface area (Å²) in [6.45, 7) is 13.6. The number of carbonyl (C=O) groups is 6. The van der Waals surface area contributed by atoms with Gasteiger partial charge in [0, 0.05) is 73.2 Å². The summed E-state index contributed by atoms with van der Waals surface area (Å²) < 4.78 is 0. The first-order valence-electron chi connectivity index (χ1n) is 53.9. The normalized spacial score (nSPS) is 10.7. The van der Waals surface area contributed by atoms with Gasteiger partial charge in [0.05, 0.1) is 0 Å². The van der Waals surface area contributed by atoms with Crippen molar-refractivity contribution in [1.82, 2.24) is 0 Å². The van der Waals surface area contributed by atoms with Crippen LogP contribution in [0.3, 0.4) is 0 Å². The van der Waals surface area contributed by atoms with E-state index in [0.717, 1.165) is 77.0 Å². The monoisotopic (exact) mass is 1810 g/mol. The van der Waals surface area contributed by atoms with Crippen molar-refractivity contribution in [2.45, 2.75) is 658 Å². The topological polar surface area (TPSA) is 224 Å². The minimum Gasteiger partial charge on any atom is -0.481 e. The van der Waals surface area contributed by atoms with Crippen LogP contribution < -0.4 is 0 Å². The van der Waals surface area contributed by atoms with Crippen LogP contribution in [0.5, 0.6) is 0 Å². The molecule has 122 heavy (non-hydrogen) atoms. The number of carboxylic acid groups (broad SMARTS) is 6. The van der Waals surface area contributed by atoms with Crippen molar-refractivity contribution in [2.75, 3.05) is 0 Å². The summed E-state index contributed by atoms with van der Waals surface area (Å²) in [5.74, 6) is -3.92. The molecule has 0 spiro atoms. The number of aliphatic carboxylic acids is 6. The maximum atomic E-state index is 10.3. The number of hydrogen-bond donors (Lipinski definition) is 6. The maximum Gasteiger partial charge on any atom is 0.303 e. The van der Waals surface area contributed by atoms with Crippen LogP contribution >= 0.6 is 0 Å². The van der Waals surface area contributed by atoms with E-state index < -0.39 is 35.8 Å². The number of carboxylic acids is 6.